The number of rotatable bonds is 9. The number of imide groups is 1. The number of carbonyl (C=O) groups excluding carboxylic acids is 4. The average molecular weight is 392 g/mol. The molecular formula is C20H25FN2O5. The predicted octanol–water partition coefficient (Wildman–Crippen LogP) is 2.83. The maximum absolute atomic E-state index is 13.0. The van der Waals surface area contributed by atoms with Crippen molar-refractivity contribution in [3.05, 3.63) is 35.6 Å². The van der Waals surface area contributed by atoms with Crippen LogP contribution >= 0.6 is 0 Å². The quantitative estimate of drug-likeness (QED) is 0.396. The van der Waals surface area contributed by atoms with Crippen LogP contribution in [0.2, 0.25) is 0 Å². The van der Waals surface area contributed by atoms with Crippen LogP contribution in [0.4, 0.5) is 9.18 Å². The van der Waals surface area contributed by atoms with Gasteiger partial charge in [0.25, 0.3) is 5.91 Å². The molecule has 3 amide bonds. The highest BCUT2D eigenvalue weighted by Crippen LogP contribution is 2.28. The Bertz CT molecular complexity index is 756. The van der Waals surface area contributed by atoms with Crippen LogP contribution in [0.15, 0.2) is 24.3 Å². The molecule has 1 aromatic rings. The van der Waals surface area contributed by atoms with Gasteiger partial charge in [0.2, 0.25) is 5.78 Å². The minimum absolute atomic E-state index is 0.196. The number of urea groups is 1. The second-order valence-corrected chi connectivity index (χ2v) is 6.91. The van der Waals surface area contributed by atoms with E-state index in [4.69, 9.17) is 4.74 Å². The molecule has 7 nitrogen and oxygen atoms in total. The van der Waals surface area contributed by atoms with E-state index in [2.05, 4.69) is 5.32 Å². The number of benzene rings is 1. The molecule has 0 bridgehead atoms. The first-order chi connectivity index (χ1) is 13.2. The molecule has 1 aliphatic rings. The Labute approximate surface area is 163 Å². The van der Waals surface area contributed by atoms with Gasteiger partial charge in [-0.25, -0.2) is 9.18 Å². The van der Waals surface area contributed by atoms with Crippen molar-refractivity contribution < 1.29 is 28.3 Å². The molecule has 8 heteroatoms. The Balaban J connectivity index is 2.01. The molecule has 0 aromatic heterocycles. The van der Waals surface area contributed by atoms with Crippen LogP contribution in [0.3, 0.4) is 0 Å². The fraction of sp³-hybridized carbons (Fsp3) is 0.500. The van der Waals surface area contributed by atoms with Crippen molar-refractivity contribution in [3.8, 4) is 0 Å². The van der Waals surface area contributed by atoms with Crippen molar-refractivity contribution in [2.24, 2.45) is 0 Å². The molecular weight excluding hydrogens is 367 g/mol. The highest BCUT2D eigenvalue weighted by Gasteiger charge is 2.50. The fourth-order valence-corrected chi connectivity index (χ4v) is 3.40. The van der Waals surface area contributed by atoms with E-state index in [0.717, 1.165) is 17.0 Å². The van der Waals surface area contributed by atoms with Gasteiger partial charge in [0.05, 0.1) is 0 Å². The van der Waals surface area contributed by atoms with Crippen LogP contribution in [0, 0.1) is 5.82 Å². The zero-order valence-corrected chi connectivity index (χ0v) is 16.3. The molecule has 152 valence electrons. The van der Waals surface area contributed by atoms with Gasteiger partial charge in [-0.15, -0.1) is 0 Å². The van der Waals surface area contributed by atoms with Gasteiger partial charge in [0.1, 0.15) is 17.9 Å². The van der Waals surface area contributed by atoms with Crippen LogP contribution < -0.4 is 5.32 Å². The summed E-state index contributed by atoms with van der Waals surface area (Å²) >= 11 is 0. The Morgan fingerprint density at radius 1 is 1.14 bits per heavy atom. The van der Waals surface area contributed by atoms with Crippen LogP contribution in [-0.4, -0.2) is 46.8 Å². The first-order valence-corrected chi connectivity index (χ1v) is 9.37. The molecule has 0 radical (unpaired) electrons. The molecule has 1 fully saturated rings. The van der Waals surface area contributed by atoms with Gasteiger partial charge in [0.15, 0.2) is 6.10 Å². The minimum atomic E-state index is -1.13. The lowest BCUT2D eigenvalue weighted by molar-refractivity contribution is -0.150. The molecule has 1 saturated heterocycles. The summed E-state index contributed by atoms with van der Waals surface area (Å²) in [7, 11) is 0. The lowest BCUT2D eigenvalue weighted by Crippen LogP contribution is -2.47. The molecule has 1 heterocycles. The van der Waals surface area contributed by atoms with Crippen molar-refractivity contribution >= 4 is 23.7 Å². The second-order valence-electron chi connectivity index (χ2n) is 6.91. The van der Waals surface area contributed by atoms with Gasteiger partial charge in [-0.3, -0.25) is 19.3 Å². The summed E-state index contributed by atoms with van der Waals surface area (Å²) in [4.78, 5) is 50.3. The van der Waals surface area contributed by atoms with Crippen LogP contribution in [0.25, 0.3) is 0 Å². The third kappa shape index (κ3) is 4.55. The van der Waals surface area contributed by atoms with E-state index >= 15 is 0 Å². The molecule has 0 aliphatic carbocycles. The SMILES string of the molecule is CCCC1(CCC)NC(=O)N(CC(=O)O[C@@H](C)C(=O)c2ccc(F)cc2)C1=O. The summed E-state index contributed by atoms with van der Waals surface area (Å²) in [6.07, 6.45) is 1.24. The topological polar surface area (TPSA) is 92.8 Å². The first kappa shape index (κ1) is 21.5. The van der Waals surface area contributed by atoms with Crippen LogP contribution in [0.1, 0.15) is 56.8 Å². The number of nitrogens with zero attached hydrogens (tertiary/aromatic N) is 1. The zero-order valence-electron chi connectivity index (χ0n) is 16.3. The number of ether oxygens (including phenoxy) is 1. The first-order valence-electron chi connectivity index (χ1n) is 9.37. The summed E-state index contributed by atoms with van der Waals surface area (Å²) in [5.74, 6) is -2.30. The number of esters is 1. The number of ketones is 1. The highest BCUT2D eigenvalue weighted by molar-refractivity contribution is 6.09. The Morgan fingerprint density at radius 3 is 2.25 bits per heavy atom. The molecule has 28 heavy (non-hydrogen) atoms. The molecule has 1 atom stereocenters. The van der Waals surface area contributed by atoms with E-state index in [1.165, 1.54) is 19.1 Å². The molecule has 2 rings (SSSR count). The van der Waals surface area contributed by atoms with Gasteiger partial charge >= 0.3 is 12.0 Å². The number of carbonyl (C=O) groups is 4. The van der Waals surface area contributed by atoms with E-state index in [-0.39, 0.29) is 5.56 Å². The largest absolute Gasteiger partial charge is 0.453 e. The van der Waals surface area contributed by atoms with E-state index in [1.807, 2.05) is 13.8 Å². The number of Topliss-reactive ketones (excluding diaryl/α,β-unsaturated/α-hetero) is 1. The van der Waals surface area contributed by atoms with E-state index in [1.54, 1.807) is 0 Å². The minimum Gasteiger partial charge on any atom is -0.453 e. The zero-order chi connectivity index (χ0) is 20.9. The Morgan fingerprint density at radius 2 is 1.71 bits per heavy atom. The van der Waals surface area contributed by atoms with Crippen LogP contribution in [-0.2, 0) is 14.3 Å². The summed E-state index contributed by atoms with van der Waals surface area (Å²) in [6, 6.07) is 4.22. The van der Waals surface area contributed by atoms with Crippen molar-refractivity contribution in [1.29, 1.82) is 0 Å². The standard InChI is InChI=1S/C20H25FN2O5/c1-4-10-20(11-5-2)18(26)23(19(27)22-20)12-16(24)28-13(3)17(25)14-6-8-15(21)9-7-14/h6-9,13H,4-5,10-12H2,1-3H3,(H,22,27)/t13-/m0/s1. The van der Waals surface area contributed by atoms with Crippen LogP contribution in [0.5, 0.6) is 0 Å². The van der Waals surface area contributed by atoms with Gasteiger partial charge < -0.3 is 10.1 Å². The third-order valence-corrected chi connectivity index (χ3v) is 4.69. The predicted molar refractivity (Wildman–Crippen MR) is 99.1 cm³/mol. The number of hydrogen-bond acceptors (Lipinski definition) is 5. The van der Waals surface area contributed by atoms with E-state index in [0.29, 0.717) is 25.7 Å². The Hall–Kier alpha value is -2.77. The molecule has 1 N–H and O–H groups in total. The molecule has 0 saturated carbocycles. The monoisotopic (exact) mass is 392 g/mol. The van der Waals surface area contributed by atoms with Gasteiger partial charge in [0, 0.05) is 5.56 Å². The number of nitrogens with one attached hydrogen (secondary N) is 1. The van der Waals surface area contributed by atoms with Crippen molar-refractivity contribution in [2.45, 2.75) is 58.1 Å². The van der Waals surface area contributed by atoms with Crippen molar-refractivity contribution in [3.63, 3.8) is 0 Å². The van der Waals surface area contributed by atoms with Crippen molar-refractivity contribution in [2.75, 3.05) is 6.54 Å². The Kier molecular flexibility index (Phi) is 6.88. The molecule has 0 unspecified atom stereocenters. The van der Waals surface area contributed by atoms with E-state index < -0.39 is 47.7 Å². The van der Waals surface area contributed by atoms with Gasteiger partial charge in [-0.05, 0) is 44.0 Å². The summed E-state index contributed by atoms with van der Waals surface area (Å²) in [5, 5.41) is 2.71. The second kappa shape index (κ2) is 8.95. The fourth-order valence-electron chi connectivity index (χ4n) is 3.40. The maximum Gasteiger partial charge on any atom is 0.326 e. The molecule has 1 aromatic carbocycles. The van der Waals surface area contributed by atoms with Gasteiger partial charge in [-0.1, -0.05) is 26.7 Å². The average Bonchev–Trinajstić information content (AvgIpc) is 2.86. The molecule has 1 aliphatic heterocycles. The lowest BCUT2D eigenvalue weighted by atomic mass is 9.88. The summed E-state index contributed by atoms with van der Waals surface area (Å²) in [5.41, 5.74) is -0.794. The normalized spacial score (nSPS) is 16.6. The number of amides is 3. The molecule has 0 spiro atoms. The maximum atomic E-state index is 13.0. The highest BCUT2D eigenvalue weighted by atomic mass is 19.1. The number of hydrogen-bond donors (Lipinski definition) is 1. The van der Waals surface area contributed by atoms with Gasteiger partial charge in [-0.2, -0.15) is 0 Å². The smallest absolute Gasteiger partial charge is 0.326 e. The lowest BCUT2D eigenvalue weighted by Gasteiger charge is -2.25. The third-order valence-electron chi connectivity index (χ3n) is 4.69. The van der Waals surface area contributed by atoms with E-state index in [9.17, 15) is 23.6 Å². The number of halogens is 1. The summed E-state index contributed by atoms with van der Waals surface area (Å²) < 4.78 is 18.0. The summed E-state index contributed by atoms with van der Waals surface area (Å²) in [6.45, 7) is 4.64. The van der Waals surface area contributed by atoms with Crippen molar-refractivity contribution in [1.82, 2.24) is 10.2 Å².